The van der Waals surface area contributed by atoms with E-state index in [2.05, 4.69) is 16.3 Å². The summed E-state index contributed by atoms with van der Waals surface area (Å²) in [5.74, 6) is 2.93. The number of nitrogens with one attached hydrogen (secondary N) is 1. The van der Waals surface area contributed by atoms with Gasteiger partial charge in [-0.05, 0) is 62.8 Å². The van der Waals surface area contributed by atoms with Gasteiger partial charge in [-0.3, -0.25) is 4.79 Å². The maximum atomic E-state index is 12.2. The van der Waals surface area contributed by atoms with Gasteiger partial charge >= 0.3 is 0 Å². The molecule has 0 aromatic heterocycles. The lowest BCUT2D eigenvalue weighted by Gasteiger charge is -2.32. The molecule has 31 heavy (non-hydrogen) atoms. The zero-order valence-electron chi connectivity index (χ0n) is 19.0. The van der Waals surface area contributed by atoms with Crippen LogP contribution in [0.2, 0.25) is 0 Å². The molecule has 2 atom stereocenters. The van der Waals surface area contributed by atoms with Crippen LogP contribution in [0.1, 0.15) is 69.9 Å². The molecular weight excluding hydrogens is 410 g/mol. The number of hydrogen-bond donors (Lipinski definition) is 1. The number of likely N-dealkylation sites (tertiary alicyclic amines) is 1. The van der Waals surface area contributed by atoms with Crippen molar-refractivity contribution in [1.82, 2.24) is 10.2 Å². The summed E-state index contributed by atoms with van der Waals surface area (Å²) in [7, 11) is 0. The third-order valence-corrected chi connectivity index (χ3v) is 7.22. The Labute approximate surface area is 192 Å². The van der Waals surface area contributed by atoms with E-state index in [9.17, 15) is 10.1 Å². The summed E-state index contributed by atoms with van der Waals surface area (Å²) >= 11 is 0. The van der Waals surface area contributed by atoms with Crippen LogP contribution in [0, 0.1) is 28.6 Å². The van der Waals surface area contributed by atoms with Gasteiger partial charge in [-0.15, -0.1) is 12.4 Å². The van der Waals surface area contributed by atoms with Gasteiger partial charge in [0.05, 0.1) is 18.2 Å². The summed E-state index contributed by atoms with van der Waals surface area (Å²) in [5.41, 5.74) is 1.65. The monoisotopic (exact) mass is 445 g/mol. The van der Waals surface area contributed by atoms with Crippen LogP contribution in [-0.2, 0) is 4.79 Å². The SMILES string of the molecule is CC(C)(C)C(=O)N[C@H]1CC[C@H](CCN2C[C@H]3COc4ccc(C#N)cc4[C@@H]3C2)CC1.Cl. The number of hydrogen-bond acceptors (Lipinski definition) is 4. The fraction of sp³-hybridized carbons (Fsp3) is 0.680. The highest BCUT2D eigenvalue weighted by Crippen LogP contribution is 2.42. The summed E-state index contributed by atoms with van der Waals surface area (Å²) < 4.78 is 5.98. The molecule has 4 rings (SSSR count). The van der Waals surface area contributed by atoms with Crippen molar-refractivity contribution in [2.45, 2.75) is 64.8 Å². The van der Waals surface area contributed by atoms with Gasteiger partial charge in [-0.1, -0.05) is 20.8 Å². The Kier molecular flexibility index (Phi) is 7.55. The number of nitrogens with zero attached hydrogens (tertiary/aromatic N) is 2. The smallest absolute Gasteiger partial charge is 0.225 e. The maximum Gasteiger partial charge on any atom is 0.225 e. The van der Waals surface area contributed by atoms with Crippen LogP contribution in [0.15, 0.2) is 18.2 Å². The zero-order valence-corrected chi connectivity index (χ0v) is 19.8. The highest BCUT2D eigenvalue weighted by atomic mass is 35.5. The molecule has 170 valence electrons. The Morgan fingerprint density at radius 1 is 1.23 bits per heavy atom. The molecule has 1 amide bonds. The van der Waals surface area contributed by atoms with Gasteiger partial charge in [0.1, 0.15) is 5.75 Å². The Hall–Kier alpha value is -1.77. The first-order valence-electron chi connectivity index (χ1n) is 11.5. The van der Waals surface area contributed by atoms with Crippen molar-refractivity contribution in [1.29, 1.82) is 5.26 Å². The van der Waals surface area contributed by atoms with Crippen LogP contribution >= 0.6 is 12.4 Å². The van der Waals surface area contributed by atoms with Crippen molar-refractivity contribution in [2.75, 3.05) is 26.2 Å². The van der Waals surface area contributed by atoms with Crippen LogP contribution in [0.5, 0.6) is 5.75 Å². The molecule has 0 radical (unpaired) electrons. The molecule has 1 saturated carbocycles. The topological polar surface area (TPSA) is 65.4 Å². The van der Waals surface area contributed by atoms with Crippen molar-refractivity contribution >= 4 is 18.3 Å². The van der Waals surface area contributed by atoms with Gasteiger partial charge < -0.3 is 15.0 Å². The first kappa shape index (κ1) is 23.9. The zero-order chi connectivity index (χ0) is 21.3. The van der Waals surface area contributed by atoms with E-state index in [1.54, 1.807) is 0 Å². The van der Waals surface area contributed by atoms with Crippen LogP contribution < -0.4 is 10.1 Å². The lowest BCUT2D eigenvalue weighted by molar-refractivity contribution is -0.129. The number of rotatable bonds is 4. The second-order valence-corrected chi connectivity index (χ2v) is 10.5. The lowest BCUT2D eigenvalue weighted by atomic mass is 9.83. The molecule has 2 fully saturated rings. The third kappa shape index (κ3) is 5.54. The second kappa shape index (κ2) is 9.79. The molecule has 1 saturated heterocycles. The minimum Gasteiger partial charge on any atom is -0.493 e. The summed E-state index contributed by atoms with van der Waals surface area (Å²) in [6.07, 6.45) is 5.89. The van der Waals surface area contributed by atoms with E-state index in [1.165, 1.54) is 24.8 Å². The van der Waals surface area contributed by atoms with Gasteiger partial charge in [-0.2, -0.15) is 5.26 Å². The van der Waals surface area contributed by atoms with Gasteiger partial charge in [0, 0.05) is 41.9 Å². The van der Waals surface area contributed by atoms with E-state index in [-0.39, 0.29) is 23.7 Å². The first-order chi connectivity index (χ1) is 14.3. The molecule has 3 aliphatic rings. The number of amides is 1. The molecule has 5 nitrogen and oxygen atoms in total. The molecule has 0 spiro atoms. The predicted molar refractivity (Wildman–Crippen MR) is 125 cm³/mol. The van der Waals surface area contributed by atoms with Crippen molar-refractivity contribution < 1.29 is 9.53 Å². The number of fused-ring (bicyclic) bond motifs is 3. The number of halogens is 1. The molecule has 1 aromatic carbocycles. The number of carbonyl (C=O) groups is 1. The van der Waals surface area contributed by atoms with Crippen LogP contribution in [0.3, 0.4) is 0 Å². The quantitative estimate of drug-likeness (QED) is 0.741. The minimum atomic E-state index is -0.306. The van der Waals surface area contributed by atoms with Gasteiger partial charge in [-0.25, -0.2) is 0 Å². The molecule has 0 bridgehead atoms. The number of benzene rings is 1. The summed E-state index contributed by atoms with van der Waals surface area (Å²) in [6, 6.07) is 8.46. The van der Waals surface area contributed by atoms with Crippen LogP contribution in [-0.4, -0.2) is 43.1 Å². The Bertz CT molecular complexity index is 821. The Morgan fingerprint density at radius 2 is 1.97 bits per heavy atom. The molecule has 0 unspecified atom stereocenters. The van der Waals surface area contributed by atoms with Gasteiger partial charge in [0.2, 0.25) is 5.91 Å². The third-order valence-electron chi connectivity index (χ3n) is 7.22. The van der Waals surface area contributed by atoms with E-state index in [1.807, 2.05) is 39.0 Å². The van der Waals surface area contributed by atoms with E-state index in [0.717, 1.165) is 56.3 Å². The summed E-state index contributed by atoms with van der Waals surface area (Å²) in [6.45, 7) is 10.0. The van der Waals surface area contributed by atoms with Gasteiger partial charge in [0.25, 0.3) is 0 Å². The number of ether oxygens (including phenoxy) is 1. The molecule has 1 aliphatic carbocycles. The summed E-state index contributed by atoms with van der Waals surface area (Å²) in [5, 5.41) is 12.5. The van der Waals surface area contributed by atoms with Crippen molar-refractivity contribution in [3.8, 4) is 11.8 Å². The van der Waals surface area contributed by atoms with E-state index >= 15 is 0 Å². The minimum absolute atomic E-state index is 0. The first-order valence-corrected chi connectivity index (χ1v) is 11.5. The van der Waals surface area contributed by atoms with Crippen LogP contribution in [0.4, 0.5) is 0 Å². The highest BCUT2D eigenvalue weighted by Gasteiger charge is 2.39. The fourth-order valence-electron chi connectivity index (χ4n) is 5.26. The highest BCUT2D eigenvalue weighted by molar-refractivity contribution is 5.85. The molecule has 2 heterocycles. The van der Waals surface area contributed by atoms with E-state index in [0.29, 0.717) is 17.9 Å². The van der Waals surface area contributed by atoms with Crippen molar-refractivity contribution in [3.63, 3.8) is 0 Å². The normalized spacial score (nSPS) is 27.8. The van der Waals surface area contributed by atoms with Crippen molar-refractivity contribution in [3.05, 3.63) is 29.3 Å². The van der Waals surface area contributed by atoms with E-state index < -0.39 is 0 Å². The largest absolute Gasteiger partial charge is 0.493 e. The maximum absolute atomic E-state index is 12.2. The number of nitriles is 1. The molecule has 2 aliphatic heterocycles. The second-order valence-electron chi connectivity index (χ2n) is 10.5. The lowest BCUT2D eigenvalue weighted by Crippen LogP contribution is -2.43. The van der Waals surface area contributed by atoms with Gasteiger partial charge in [0.15, 0.2) is 0 Å². The number of carbonyl (C=O) groups excluding carboxylic acids is 1. The standard InChI is InChI=1S/C25H35N3O2.ClH/c1-25(2,3)24(29)27-20-7-4-17(5-8-20)10-11-28-14-19-16-30-23-9-6-18(13-26)12-21(23)22(19)15-28;/h6,9,12,17,19-20,22H,4-5,7-8,10-11,14-16H2,1-3H3,(H,27,29);1H/t17-,19-,20-,22+;/m0./s1. The van der Waals surface area contributed by atoms with Crippen molar-refractivity contribution in [2.24, 2.45) is 17.3 Å². The fourth-order valence-corrected chi connectivity index (χ4v) is 5.26. The average Bonchev–Trinajstić information content (AvgIpc) is 3.16. The molecule has 1 aromatic rings. The predicted octanol–water partition coefficient (Wildman–Crippen LogP) is 4.50. The Balaban J connectivity index is 0.00000272. The average molecular weight is 446 g/mol. The molecule has 1 N–H and O–H groups in total. The van der Waals surface area contributed by atoms with E-state index in [4.69, 9.17) is 4.74 Å². The Morgan fingerprint density at radius 3 is 2.65 bits per heavy atom. The molecule has 6 heteroatoms. The molecular formula is C25H36ClN3O2. The van der Waals surface area contributed by atoms with Crippen LogP contribution in [0.25, 0.3) is 0 Å². The summed E-state index contributed by atoms with van der Waals surface area (Å²) in [4.78, 5) is 14.8.